The quantitative estimate of drug-likeness (QED) is 0.436. The summed E-state index contributed by atoms with van der Waals surface area (Å²) in [5.41, 5.74) is 3.69. The number of pyridine rings is 1. The molecule has 3 aromatic rings. The van der Waals surface area contributed by atoms with Crippen molar-refractivity contribution in [3.8, 4) is 0 Å². The molecule has 1 amide bonds. The number of nitrogens with zero attached hydrogens (tertiary/aromatic N) is 1. The van der Waals surface area contributed by atoms with Crippen molar-refractivity contribution in [2.24, 2.45) is 5.14 Å². The summed E-state index contributed by atoms with van der Waals surface area (Å²) >= 11 is 0. The monoisotopic (exact) mass is 489 g/mol. The van der Waals surface area contributed by atoms with Gasteiger partial charge in [0.25, 0.3) is 15.9 Å². The van der Waals surface area contributed by atoms with Crippen LogP contribution in [0.5, 0.6) is 0 Å². The van der Waals surface area contributed by atoms with Gasteiger partial charge in [-0.05, 0) is 61.0 Å². The molecule has 4 N–H and O–H groups in total. The molecule has 0 spiro atoms. The number of aromatic nitrogens is 1. The Kier molecular flexibility index (Phi) is 6.86. The Labute approximate surface area is 193 Å². The number of hydrogen-bond donors (Lipinski definition) is 3. The van der Waals surface area contributed by atoms with Crippen LogP contribution in [0.25, 0.3) is 0 Å². The Morgan fingerprint density at radius 3 is 1.82 bits per heavy atom. The number of rotatable bonds is 7. The second kappa shape index (κ2) is 9.30. The molecule has 11 heteroatoms. The summed E-state index contributed by atoms with van der Waals surface area (Å²) in [5.74, 6) is -0.237. The van der Waals surface area contributed by atoms with Crippen molar-refractivity contribution in [2.45, 2.75) is 37.1 Å². The normalized spacial score (nSPS) is 11.8. The van der Waals surface area contributed by atoms with Crippen molar-refractivity contribution in [1.29, 1.82) is 0 Å². The van der Waals surface area contributed by atoms with Crippen LogP contribution in [-0.4, -0.2) is 22.7 Å². The third-order valence-electron chi connectivity index (χ3n) is 4.91. The molecule has 0 aliphatic heterocycles. The molecular weight excluding hydrogens is 464 g/mol. The predicted octanol–water partition coefficient (Wildman–Crippen LogP) is 1.99. The second-order valence-electron chi connectivity index (χ2n) is 7.65. The summed E-state index contributed by atoms with van der Waals surface area (Å²) in [4.78, 5) is 12.3. The maximum Gasteiger partial charge on any atom is 0.290 e. The third kappa shape index (κ3) is 6.15. The van der Waals surface area contributed by atoms with Crippen LogP contribution in [0.15, 0.2) is 70.5 Å². The van der Waals surface area contributed by atoms with Gasteiger partial charge in [-0.25, -0.2) is 22.0 Å². The van der Waals surface area contributed by atoms with Crippen molar-refractivity contribution in [3.63, 3.8) is 0 Å². The molecule has 0 aliphatic rings. The van der Waals surface area contributed by atoms with E-state index in [0.717, 1.165) is 17.0 Å². The van der Waals surface area contributed by atoms with E-state index in [1.54, 1.807) is 0 Å². The van der Waals surface area contributed by atoms with Crippen LogP contribution in [0.1, 0.15) is 17.0 Å². The van der Waals surface area contributed by atoms with Crippen molar-refractivity contribution < 1.29 is 26.2 Å². The number of benzene rings is 2. The summed E-state index contributed by atoms with van der Waals surface area (Å²) < 4.78 is 52.1. The van der Waals surface area contributed by atoms with Gasteiger partial charge in [-0.3, -0.25) is 9.52 Å². The molecule has 0 fully saturated rings. The number of aryl methyl sites for hydroxylation is 3. The number of nitrogens with one attached hydrogen (secondary N) is 2. The summed E-state index contributed by atoms with van der Waals surface area (Å²) in [7, 11) is -7.79. The first-order valence-corrected chi connectivity index (χ1v) is 12.9. The Morgan fingerprint density at radius 1 is 0.818 bits per heavy atom. The summed E-state index contributed by atoms with van der Waals surface area (Å²) in [6.07, 6.45) is 0. The minimum absolute atomic E-state index is 0.0179. The fourth-order valence-electron chi connectivity index (χ4n) is 3.37. The van der Waals surface area contributed by atoms with E-state index in [1.807, 2.05) is 37.5 Å². The number of nitrogens with two attached hydrogens (primary N) is 1. The largest absolute Gasteiger partial charge is 0.321 e. The van der Waals surface area contributed by atoms with Gasteiger partial charge in [-0.15, -0.1) is 0 Å². The van der Waals surface area contributed by atoms with Gasteiger partial charge >= 0.3 is 0 Å². The van der Waals surface area contributed by atoms with E-state index in [-0.39, 0.29) is 27.9 Å². The van der Waals surface area contributed by atoms with E-state index in [4.69, 9.17) is 5.14 Å². The van der Waals surface area contributed by atoms with E-state index in [2.05, 4.69) is 10.0 Å². The van der Waals surface area contributed by atoms with Crippen molar-refractivity contribution in [3.05, 3.63) is 77.6 Å². The van der Waals surface area contributed by atoms with Gasteiger partial charge < -0.3 is 5.32 Å². The first-order chi connectivity index (χ1) is 15.3. The van der Waals surface area contributed by atoms with Crippen LogP contribution in [0, 0.1) is 20.8 Å². The first-order valence-electron chi connectivity index (χ1n) is 9.88. The number of carbonyl (C=O) groups excluding carboxylic acids is 1. The maximum atomic E-state index is 12.6. The molecule has 174 valence electrons. The average Bonchev–Trinajstić information content (AvgIpc) is 2.70. The van der Waals surface area contributed by atoms with E-state index < -0.39 is 20.0 Å². The number of carbonyl (C=O) groups is 1. The van der Waals surface area contributed by atoms with Crippen LogP contribution >= 0.6 is 0 Å². The fourth-order valence-corrected chi connectivity index (χ4v) is 4.95. The van der Waals surface area contributed by atoms with Gasteiger partial charge in [0.2, 0.25) is 16.6 Å². The lowest BCUT2D eigenvalue weighted by Gasteiger charge is -2.10. The van der Waals surface area contributed by atoms with E-state index in [9.17, 15) is 21.6 Å². The zero-order valence-electron chi connectivity index (χ0n) is 18.4. The first kappa shape index (κ1) is 24.4. The minimum Gasteiger partial charge on any atom is -0.321 e. The lowest BCUT2D eigenvalue weighted by Crippen LogP contribution is -2.45. The van der Waals surface area contributed by atoms with Gasteiger partial charge in [0, 0.05) is 37.4 Å². The molecule has 1 aromatic heterocycles. The molecule has 0 bridgehead atoms. The standard InChI is InChI=1S/C22H24N4O5S2/c1-15-12-16(2)26(17(3)13-15)14-22(27)24-18-4-10-21(11-5-18)33(30,31)25-19-6-8-20(9-7-19)32(23,28)29/h4-13,25H,14H2,1-3H3,(H2-,23,24,27,28,29)/p+1. The smallest absolute Gasteiger partial charge is 0.290 e. The van der Waals surface area contributed by atoms with Gasteiger partial charge in [0.15, 0.2) is 11.4 Å². The molecule has 9 nitrogen and oxygen atoms in total. The molecule has 0 unspecified atom stereocenters. The van der Waals surface area contributed by atoms with Crippen molar-refractivity contribution in [2.75, 3.05) is 10.0 Å². The van der Waals surface area contributed by atoms with Crippen molar-refractivity contribution in [1.82, 2.24) is 0 Å². The van der Waals surface area contributed by atoms with Crippen LogP contribution in [-0.2, 0) is 31.4 Å². The highest BCUT2D eigenvalue weighted by Gasteiger charge is 2.18. The SMILES string of the molecule is Cc1cc(C)[n+](CC(=O)Nc2ccc(S(=O)(=O)Nc3ccc(S(N)(=O)=O)cc3)cc2)c(C)c1. The number of anilines is 2. The Hall–Kier alpha value is -3.28. The maximum absolute atomic E-state index is 12.6. The lowest BCUT2D eigenvalue weighted by atomic mass is 10.2. The fraction of sp³-hybridized carbons (Fsp3) is 0.182. The third-order valence-corrected chi connectivity index (χ3v) is 7.24. The Balaban J connectivity index is 1.68. The molecular formula is C22H25N4O5S2+. The van der Waals surface area contributed by atoms with Gasteiger partial charge in [-0.2, -0.15) is 4.57 Å². The topological polar surface area (TPSA) is 139 Å². The van der Waals surface area contributed by atoms with Crippen LogP contribution in [0.4, 0.5) is 11.4 Å². The number of amides is 1. The molecule has 0 saturated heterocycles. The van der Waals surface area contributed by atoms with Gasteiger partial charge in [-0.1, -0.05) is 0 Å². The molecule has 0 atom stereocenters. The molecule has 0 saturated carbocycles. The molecule has 0 aliphatic carbocycles. The number of sulfonamides is 2. The van der Waals surface area contributed by atoms with Crippen LogP contribution < -0.4 is 19.7 Å². The highest BCUT2D eigenvalue weighted by molar-refractivity contribution is 7.92. The molecule has 3 rings (SSSR count). The summed E-state index contributed by atoms with van der Waals surface area (Å²) in [5, 5.41) is 7.80. The predicted molar refractivity (Wildman–Crippen MR) is 125 cm³/mol. The molecule has 33 heavy (non-hydrogen) atoms. The minimum atomic E-state index is -3.92. The van der Waals surface area contributed by atoms with Gasteiger partial charge in [0.05, 0.1) is 9.79 Å². The van der Waals surface area contributed by atoms with E-state index >= 15 is 0 Å². The van der Waals surface area contributed by atoms with Crippen molar-refractivity contribution >= 4 is 37.3 Å². The highest BCUT2D eigenvalue weighted by Crippen LogP contribution is 2.19. The zero-order chi connectivity index (χ0) is 24.4. The van der Waals surface area contributed by atoms with Crippen LogP contribution in [0.2, 0.25) is 0 Å². The second-order valence-corrected chi connectivity index (χ2v) is 10.9. The highest BCUT2D eigenvalue weighted by atomic mass is 32.2. The lowest BCUT2D eigenvalue weighted by molar-refractivity contribution is -0.696. The zero-order valence-corrected chi connectivity index (χ0v) is 20.0. The molecule has 0 radical (unpaired) electrons. The van der Waals surface area contributed by atoms with E-state index in [0.29, 0.717) is 5.69 Å². The summed E-state index contributed by atoms with van der Waals surface area (Å²) in [6.45, 7) is 5.99. The number of hydrogen-bond acceptors (Lipinski definition) is 5. The number of primary sulfonamides is 1. The Morgan fingerprint density at radius 2 is 1.30 bits per heavy atom. The van der Waals surface area contributed by atoms with Crippen LogP contribution in [0.3, 0.4) is 0 Å². The average molecular weight is 490 g/mol. The molecule has 2 aromatic carbocycles. The van der Waals surface area contributed by atoms with Gasteiger partial charge in [0.1, 0.15) is 0 Å². The summed E-state index contributed by atoms with van der Waals surface area (Å²) in [6, 6.07) is 14.7. The molecule has 1 heterocycles. The Bertz CT molecular complexity index is 1380. The van der Waals surface area contributed by atoms with E-state index in [1.165, 1.54) is 48.5 Å².